The summed E-state index contributed by atoms with van der Waals surface area (Å²) in [5, 5.41) is 9.02. The van der Waals surface area contributed by atoms with Crippen molar-refractivity contribution in [3.63, 3.8) is 0 Å². The predicted molar refractivity (Wildman–Crippen MR) is 68.7 cm³/mol. The van der Waals surface area contributed by atoms with E-state index in [4.69, 9.17) is 5.11 Å². The van der Waals surface area contributed by atoms with Gasteiger partial charge in [-0.15, -0.1) is 0 Å². The van der Waals surface area contributed by atoms with Gasteiger partial charge in [-0.3, -0.25) is 0 Å². The zero-order valence-corrected chi connectivity index (χ0v) is 10.4. The van der Waals surface area contributed by atoms with E-state index in [9.17, 15) is 4.79 Å². The van der Waals surface area contributed by atoms with Crippen LogP contribution in [-0.4, -0.2) is 23.2 Å². The second-order valence-corrected chi connectivity index (χ2v) is 4.89. The Labute approximate surface area is 102 Å². The molecule has 1 aliphatic heterocycles. The Morgan fingerprint density at radius 3 is 2.53 bits per heavy atom. The van der Waals surface area contributed by atoms with Crippen molar-refractivity contribution in [3.8, 4) is 0 Å². The molecule has 0 aromatic heterocycles. The van der Waals surface area contributed by atoms with Crippen molar-refractivity contribution in [1.82, 2.24) is 0 Å². The van der Waals surface area contributed by atoms with Gasteiger partial charge in [0.05, 0.1) is 5.56 Å². The number of carboxylic acid groups (broad SMARTS) is 1. The van der Waals surface area contributed by atoms with Crippen molar-refractivity contribution in [1.29, 1.82) is 0 Å². The molecule has 0 bridgehead atoms. The number of benzene rings is 1. The summed E-state index contributed by atoms with van der Waals surface area (Å²) in [6.07, 6.45) is 3.63. The first-order chi connectivity index (χ1) is 8.09. The summed E-state index contributed by atoms with van der Waals surface area (Å²) in [6.45, 7) is 4.42. The van der Waals surface area contributed by atoms with Crippen molar-refractivity contribution in [3.05, 3.63) is 29.8 Å². The molecule has 1 saturated heterocycles. The van der Waals surface area contributed by atoms with Gasteiger partial charge < -0.3 is 10.0 Å². The maximum absolute atomic E-state index is 11.0. The zero-order chi connectivity index (χ0) is 12.4. The number of hydrogen-bond acceptors (Lipinski definition) is 2. The van der Waals surface area contributed by atoms with E-state index in [-0.39, 0.29) is 0 Å². The van der Waals surface area contributed by atoms with Crippen molar-refractivity contribution >= 4 is 11.7 Å². The molecule has 1 N–H and O–H groups in total. The van der Waals surface area contributed by atoms with Crippen molar-refractivity contribution in [2.75, 3.05) is 4.90 Å². The fraction of sp³-hybridized carbons (Fsp3) is 0.500. The molecule has 0 saturated carbocycles. The Morgan fingerprint density at radius 1 is 1.29 bits per heavy atom. The van der Waals surface area contributed by atoms with Gasteiger partial charge in [0.2, 0.25) is 0 Å². The SMILES string of the molecule is C[C@@H]1CCC[C@H](C)N1c1cccc(C(=O)O)c1. The van der Waals surface area contributed by atoms with Crippen LogP contribution >= 0.6 is 0 Å². The van der Waals surface area contributed by atoms with Crippen LogP contribution in [0, 0.1) is 0 Å². The Morgan fingerprint density at radius 2 is 1.94 bits per heavy atom. The van der Waals surface area contributed by atoms with E-state index in [0.717, 1.165) is 5.69 Å². The average Bonchev–Trinajstić information content (AvgIpc) is 2.29. The highest BCUT2D eigenvalue weighted by Crippen LogP contribution is 2.29. The van der Waals surface area contributed by atoms with Gasteiger partial charge in [-0.25, -0.2) is 4.79 Å². The van der Waals surface area contributed by atoms with Gasteiger partial charge in [0.15, 0.2) is 0 Å². The third-order valence-corrected chi connectivity index (χ3v) is 3.58. The lowest BCUT2D eigenvalue weighted by atomic mass is 9.96. The summed E-state index contributed by atoms with van der Waals surface area (Å²) in [5.41, 5.74) is 1.40. The molecule has 0 aliphatic carbocycles. The third kappa shape index (κ3) is 2.43. The topological polar surface area (TPSA) is 40.5 Å². The van der Waals surface area contributed by atoms with Gasteiger partial charge in [0.1, 0.15) is 0 Å². The maximum atomic E-state index is 11.0. The second kappa shape index (κ2) is 4.78. The van der Waals surface area contributed by atoms with Crippen LogP contribution in [0.15, 0.2) is 24.3 Å². The predicted octanol–water partition coefficient (Wildman–Crippen LogP) is 3.15. The van der Waals surface area contributed by atoms with Crippen LogP contribution in [0.5, 0.6) is 0 Å². The van der Waals surface area contributed by atoms with Crippen molar-refractivity contribution in [2.24, 2.45) is 0 Å². The molecule has 0 amide bonds. The van der Waals surface area contributed by atoms with Crippen molar-refractivity contribution < 1.29 is 9.90 Å². The van der Waals surface area contributed by atoms with Gasteiger partial charge in [-0.05, 0) is 51.3 Å². The van der Waals surface area contributed by atoms with E-state index in [1.807, 2.05) is 12.1 Å². The first kappa shape index (κ1) is 12.0. The standard InChI is InChI=1S/C14H19NO2/c1-10-5-3-6-11(2)15(10)13-8-4-7-12(9-13)14(16)17/h4,7-11H,3,5-6H2,1-2H3,(H,16,17)/t10-,11+. The van der Waals surface area contributed by atoms with E-state index < -0.39 is 5.97 Å². The molecular formula is C14H19NO2. The highest BCUT2D eigenvalue weighted by Gasteiger charge is 2.25. The third-order valence-electron chi connectivity index (χ3n) is 3.58. The lowest BCUT2D eigenvalue weighted by Gasteiger charge is -2.41. The van der Waals surface area contributed by atoms with Gasteiger partial charge in [-0.2, -0.15) is 0 Å². The highest BCUT2D eigenvalue weighted by molar-refractivity contribution is 5.88. The molecule has 2 atom stereocenters. The summed E-state index contributed by atoms with van der Waals surface area (Å²) in [7, 11) is 0. The minimum absolute atomic E-state index is 0.368. The fourth-order valence-corrected chi connectivity index (χ4v) is 2.73. The number of carboxylic acids is 1. The van der Waals surface area contributed by atoms with Crippen LogP contribution in [0.2, 0.25) is 0 Å². The molecule has 0 spiro atoms. The maximum Gasteiger partial charge on any atom is 0.335 e. The molecule has 1 aromatic carbocycles. The second-order valence-electron chi connectivity index (χ2n) is 4.89. The molecule has 92 valence electrons. The zero-order valence-electron chi connectivity index (χ0n) is 10.4. The van der Waals surface area contributed by atoms with Crippen LogP contribution in [0.25, 0.3) is 0 Å². The molecule has 1 aromatic rings. The summed E-state index contributed by atoms with van der Waals surface area (Å²) >= 11 is 0. The first-order valence-electron chi connectivity index (χ1n) is 6.21. The highest BCUT2D eigenvalue weighted by atomic mass is 16.4. The van der Waals surface area contributed by atoms with E-state index in [1.165, 1.54) is 19.3 Å². The van der Waals surface area contributed by atoms with E-state index in [1.54, 1.807) is 12.1 Å². The Balaban J connectivity index is 2.31. The van der Waals surface area contributed by atoms with Crippen LogP contribution < -0.4 is 4.90 Å². The summed E-state index contributed by atoms with van der Waals surface area (Å²) in [4.78, 5) is 13.3. The summed E-state index contributed by atoms with van der Waals surface area (Å²) in [5.74, 6) is -0.857. The lowest BCUT2D eigenvalue weighted by Crippen LogP contribution is -2.43. The summed E-state index contributed by atoms with van der Waals surface area (Å²) < 4.78 is 0. The molecular weight excluding hydrogens is 214 g/mol. The van der Waals surface area contributed by atoms with Gasteiger partial charge in [0.25, 0.3) is 0 Å². The Hall–Kier alpha value is -1.51. The molecule has 0 unspecified atom stereocenters. The number of nitrogens with zero attached hydrogens (tertiary/aromatic N) is 1. The lowest BCUT2D eigenvalue weighted by molar-refractivity contribution is 0.0697. The number of anilines is 1. The van der Waals surface area contributed by atoms with E-state index in [0.29, 0.717) is 17.6 Å². The molecule has 1 aliphatic rings. The van der Waals surface area contributed by atoms with E-state index >= 15 is 0 Å². The molecule has 0 radical (unpaired) electrons. The number of aromatic carboxylic acids is 1. The fourth-order valence-electron chi connectivity index (χ4n) is 2.73. The summed E-state index contributed by atoms with van der Waals surface area (Å²) in [6, 6.07) is 8.23. The van der Waals surface area contributed by atoms with Crippen LogP contribution in [-0.2, 0) is 0 Å². The van der Waals surface area contributed by atoms with Crippen LogP contribution in [0.3, 0.4) is 0 Å². The van der Waals surface area contributed by atoms with Crippen LogP contribution in [0.4, 0.5) is 5.69 Å². The van der Waals surface area contributed by atoms with Gasteiger partial charge in [-0.1, -0.05) is 6.07 Å². The first-order valence-corrected chi connectivity index (χ1v) is 6.21. The molecule has 3 nitrogen and oxygen atoms in total. The van der Waals surface area contributed by atoms with Gasteiger partial charge in [0, 0.05) is 17.8 Å². The molecule has 2 rings (SSSR count). The number of piperidine rings is 1. The van der Waals surface area contributed by atoms with Gasteiger partial charge >= 0.3 is 5.97 Å². The quantitative estimate of drug-likeness (QED) is 0.853. The number of rotatable bonds is 2. The number of hydrogen-bond donors (Lipinski definition) is 1. The minimum Gasteiger partial charge on any atom is -0.478 e. The Bertz CT molecular complexity index is 406. The molecule has 1 fully saturated rings. The molecule has 17 heavy (non-hydrogen) atoms. The minimum atomic E-state index is -0.857. The van der Waals surface area contributed by atoms with Crippen molar-refractivity contribution in [2.45, 2.75) is 45.2 Å². The normalized spacial score (nSPS) is 24.7. The monoisotopic (exact) mass is 233 g/mol. The number of carbonyl (C=O) groups is 1. The van der Waals surface area contributed by atoms with Crippen LogP contribution in [0.1, 0.15) is 43.5 Å². The molecule has 1 heterocycles. The smallest absolute Gasteiger partial charge is 0.335 e. The largest absolute Gasteiger partial charge is 0.478 e. The average molecular weight is 233 g/mol. The molecule has 3 heteroatoms. The van der Waals surface area contributed by atoms with E-state index in [2.05, 4.69) is 18.7 Å². The Kier molecular flexibility index (Phi) is 3.36.